The van der Waals surface area contributed by atoms with Gasteiger partial charge in [0.25, 0.3) is 5.91 Å². The molecule has 0 spiro atoms. The third-order valence-corrected chi connectivity index (χ3v) is 6.59. The highest BCUT2D eigenvalue weighted by Crippen LogP contribution is 2.33. The third-order valence-electron chi connectivity index (χ3n) is 5.57. The minimum absolute atomic E-state index is 0.0120. The normalized spacial score (nSPS) is 23.4. The van der Waals surface area contributed by atoms with Gasteiger partial charge in [-0.1, -0.05) is 42.8 Å². The second-order valence-corrected chi connectivity index (χ2v) is 9.32. The summed E-state index contributed by atoms with van der Waals surface area (Å²) in [6.45, 7) is 7.92. The molecule has 1 aliphatic carbocycles. The molecule has 0 aromatic heterocycles. The molecule has 2 atom stereocenters. The monoisotopic (exact) mass is 446 g/mol. The van der Waals surface area contributed by atoms with E-state index in [2.05, 4.69) is 21.9 Å². The minimum atomic E-state index is -1.02. The molecule has 1 unspecified atom stereocenters. The Kier molecular flexibility index (Phi) is 7.26. The van der Waals surface area contributed by atoms with Crippen LogP contribution >= 0.6 is 11.6 Å². The molecule has 160 valence electrons. The molecule has 1 saturated heterocycles. The second-order valence-electron chi connectivity index (χ2n) is 7.51. The van der Waals surface area contributed by atoms with Crippen LogP contribution in [0.25, 0.3) is 0 Å². The molecule has 1 heterocycles. The van der Waals surface area contributed by atoms with E-state index >= 15 is 0 Å². The minimum Gasteiger partial charge on any atom is -0.333 e. The average molecular weight is 447 g/mol. The standard InChI is InChI=1S/C22H27ClN4O2S/c1-5-19-21(25-15(3)23)27(14(2)17-7-6-8-17)22(28)20(26-19)24-13-16-9-11-18(12-10-16)30(4)29/h5,9-12,14,17H,3,6-8,13H2,1-2,4H3,(H,24,26)/b19-5+,25-21?/t14-,30?/m1/s1. The topological polar surface area (TPSA) is 74.1 Å². The number of nitrogens with one attached hydrogen (secondary N) is 1. The van der Waals surface area contributed by atoms with Crippen molar-refractivity contribution in [1.82, 2.24) is 10.2 Å². The largest absolute Gasteiger partial charge is 0.333 e. The van der Waals surface area contributed by atoms with Crippen molar-refractivity contribution in [2.75, 3.05) is 6.26 Å². The van der Waals surface area contributed by atoms with Gasteiger partial charge in [-0.25, -0.2) is 4.99 Å². The summed E-state index contributed by atoms with van der Waals surface area (Å²) in [7, 11) is -1.02. The van der Waals surface area contributed by atoms with E-state index in [1.165, 1.54) is 6.42 Å². The number of benzene rings is 1. The molecule has 3 rings (SSSR count). The number of amides is 1. The third kappa shape index (κ3) is 4.90. The van der Waals surface area contributed by atoms with E-state index in [1.54, 1.807) is 11.2 Å². The summed E-state index contributed by atoms with van der Waals surface area (Å²) in [5.41, 5.74) is 1.61. The fourth-order valence-corrected chi connectivity index (χ4v) is 4.18. The maximum absolute atomic E-state index is 13.3. The quantitative estimate of drug-likeness (QED) is 0.672. The number of carbonyl (C=O) groups is 1. The highest BCUT2D eigenvalue weighted by molar-refractivity contribution is 7.84. The van der Waals surface area contributed by atoms with Gasteiger partial charge in [-0.15, -0.1) is 0 Å². The fraction of sp³-hybridized carbons (Fsp3) is 0.409. The van der Waals surface area contributed by atoms with Crippen molar-refractivity contribution in [3.8, 4) is 0 Å². The number of carbonyl (C=O) groups excluding carboxylic acids is 1. The molecule has 1 aromatic carbocycles. The number of halogens is 1. The average Bonchev–Trinajstić information content (AvgIpc) is 2.66. The van der Waals surface area contributed by atoms with Crippen molar-refractivity contribution in [2.45, 2.75) is 50.6 Å². The Morgan fingerprint density at radius 2 is 2.07 bits per heavy atom. The molecule has 30 heavy (non-hydrogen) atoms. The molecule has 1 aliphatic heterocycles. The zero-order chi connectivity index (χ0) is 21.8. The Balaban J connectivity index is 1.90. The van der Waals surface area contributed by atoms with Crippen LogP contribution in [0.5, 0.6) is 0 Å². The van der Waals surface area contributed by atoms with Gasteiger partial charge in [0.05, 0.1) is 12.2 Å². The van der Waals surface area contributed by atoms with Crippen LogP contribution in [0.4, 0.5) is 0 Å². The van der Waals surface area contributed by atoms with Gasteiger partial charge < -0.3 is 5.32 Å². The van der Waals surface area contributed by atoms with Gasteiger partial charge in [0.15, 0.2) is 11.7 Å². The SMILES string of the molecule is C=C(Cl)N=C1/C(=C\C)NC(=NCc2ccc(S(C)=O)cc2)C(=O)N1[C@H](C)C1CCC1. The second kappa shape index (κ2) is 9.71. The molecular formula is C22H27ClN4O2S. The fourth-order valence-electron chi connectivity index (χ4n) is 3.58. The zero-order valence-electron chi connectivity index (χ0n) is 17.5. The van der Waals surface area contributed by atoms with E-state index < -0.39 is 10.8 Å². The molecule has 0 bridgehead atoms. The van der Waals surface area contributed by atoms with Gasteiger partial charge in [-0.05, 0) is 50.3 Å². The molecule has 1 aromatic rings. The number of piperazine rings is 1. The lowest BCUT2D eigenvalue weighted by molar-refractivity contribution is -0.123. The molecule has 2 fully saturated rings. The molecule has 6 nitrogen and oxygen atoms in total. The van der Waals surface area contributed by atoms with Crippen molar-refractivity contribution in [3.05, 3.63) is 53.3 Å². The van der Waals surface area contributed by atoms with Gasteiger partial charge in [0.1, 0.15) is 5.16 Å². The Morgan fingerprint density at radius 3 is 2.57 bits per heavy atom. The van der Waals surface area contributed by atoms with Crippen LogP contribution < -0.4 is 5.32 Å². The summed E-state index contributed by atoms with van der Waals surface area (Å²) < 4.78 is 11.6. The first-order chi connectivity index (χ1) is 14.3. The van der Waals surface area contributed by atoms with Crippen LogP contribution in [0.3, 0.4) is 0 Å². The van der Waals surface area contributed by atoms with Gasteiger partial charge in [-0.2, -0.15) is 0 Å². The first kappa shape index (κ1) is 22.4. The highest BCUT2D eigenvalue weighted by atomic mass is 35.5. The maximum Gasteiger partial charge on any atom is 0.295 e. The predicted octanol–water partition coefficient (Wildman–Crippen LogP) is 3.96. The smallest absolute Gasteiger partial charge is 0.295 e. The van der Waals surface area contributed by atoms with Crippen LogP contribution in [0.1, 0.15) is 38.7 Å². The summed E-state index contributed by atoms with van der Waals surface area (Å²) in [4.78, 5) is 24.7. The number of hydrogen-bond acceptors (Lipinski definition) is 4. The molecule has 8 heteroatoms. The molecule has 0 radical (unpaired) electrons. The Labute approximate surface area is 185 Å². The Bertz CT molecular complexity index is 948. The van der Waals surface area contributed by atoms with Crippen molar-refractivity contribution < 1.29 is 9.00 Å². The zero-order valence-corrected chi connectivity index (χ0v) is 19.1. The van der Waals surface area contributed by atoms with Crippen LogP contribution in [0, 0.1) is 5.92 Å². The van der Waals surface area contributed by atoms with Crippen LogP contribution in [-0.4, -0.2) is 39.0 Å². The lowest BCUT2D eigenvalue weighted by Gasteiger charge is -2.42. The van der Waals surface area contributed by atoms with Crippen LogP contribution in [0.15, 0.2) is 62.7 Å². The number of hydrogen-bond donors (Lipinski definition) is 1. The van der Waals surface area contributed by atoms with E-state index in [0.29, 0.717) is 24.0 Å². The lowest BCUT2D eigenvalue weighted by atomic mass is 9.79. The number of aliphatic imine (C=N–C) groups is 2. The first-order valence-electron chi connectivity index (χ1n) is 9.99. The van der Waals surface area contributed by atoms with Crippen molar-refractivity contribution in [2.24, 2.45) is 15.9 Å². The lowest BCUT2D eigenvalue weighted by Crippen LogP contribution is -2.59. The molecule has 2 aliphatic rings. The predicted molar refractivity (Wildman–Crippen MR) is 123 cm³/mol. The number of nitrogens with zero attached hydrogens (tertiary/aromatic N) is 3. The maximum atomic E-state index is 13.3. The molecule has 1 saturated carbocycles. The number of allylic oxidation sites excluding steroid dienone is 1. The van der Waals surface area contributed by atoms with Crippen LogP contribution in [0.2, 0.25) is 0 Å². The van der Waals surface area contributed by atoms with Crippen molar-refractivity contribution in [1.29, 1.82) is 0 Å². The van der Waals surface area contributed by atoms with E-state index in [9.17, 15) is 9.00 Å². The Hall–Kier alpha value is -2.25. The summed E-state index contributed by atoms with van der Waals surface area (Å²) in [6, 6.07) is 7.39. The molecule has 1 amide bonds. The van der Waals surface area contributed by atoms with Gasteiger partial charge in [0, 0.05) is 28.0 Å². The van der Waals surface area contributed by atoms with E-state index in [1.807, 2.05) is 44.2 Å². The van der Waals surface area contributed by atoms with Crippen molar-refractivity contribution >= 4 is 40.0 Å². The van der Waals surface area contributed by atoms with Gasteiger partial charge >= 0.3 is 0 Å². The number of amidine groups is 2. The number of rotatable bonds is 6. The summed E-state index contributed by atoms with van der Waals surface area (Å²) in [5, 5.41) is 3.23. The van der Waals surface area contributed by atoms with Gasteiger partial charge in [0.2, 0.25) is 0 Å². The van der Waals surface area contributed by atoms with Gasteiger partial charge in [-0.3, -0.25) is 18.9 Å². The van der Waals surface area contributed by atoms with E-state index in [0.717, 1.165) is 23.3 Å². The Morgan fingerprint density at radius 1 is 1.40 bits per heavy atom. The summed E-state index contributed by atoms with van der Waals surface area (Å²) in [6.07, 6.45) is 6.87. The summed E-state index contributed by atoms with van der Waals surface area (Å²) in [5.74, 6) is 0.970. The van der Waals surface area contributed by atoms with E-state index in [4.69, 9.17) is 11.6 Å². The van der Waals surface area contributed by atoms with Crippen LogP contribution in [-0.2, 0) is 22.1 Å². The van der Waals surface area contributed by atoms with E-state index in [-0.39, 0.29) is 22.9 Å². The first-order valence-corrected chi connectivity index (χ1v) is 11.9. The molecule has 1 N–H and O–H groups in total. The van der Waals surface area contributed by atoms with Crippen molar-refractivity contribution in [3.63, 3.8) is 0 Å². The highest BCUT2D eigenvalue weighted by Gasteiger charge is 2.40. The molecular weight excluding hydrogens is 420 g/mol. The summed E-state index contributed by atoms with van der Waals surface area (Å²) >= 11 is 5.96.